The number of ether oxygens (including phenoxy) is 1. The number of halogens is 1. The second-order valence-electron chi connectivity index (χ2n) is 4.79. The van der Waals surface area contributed by atoms with Gasteiger partial charge in [-0.15, -0.1) is 0 Å². The van der Waals surface area contributed by atoms with Crippen molar-refractivity contribution in [3.05, 3.63) is 58.6 Å². The van der Waals surface area contributed by atoms with Crippen LogP contribution < -0.4 is 10.1 Å². The van der Waals surface area contributed by atoms with E-state index in [2.05, 4.69) is 35.6 Å². The summed E-state index contributed by atoms with van der Waals surface area (Å²) in [5, 5.41) is 4.24. The Hall–Kier alpha value is -1.67. The van der Waals surface area contributed by atoms with Crippen molar-refractivity contribution < 1.29 is 4.74 Å². The van der Waals surface area contributed by atoms with Gasteiger partial charge in [0.15, 0.2) is 0 Å². The molecule has 0 saturated heterocycles. The fourth-order valence-electron chi connectivity index (χ4n) is 2.58. The third-order valence-electron chi connectivity index (χ3n) is 3.63. The minimum absolute atomic E-state index is 0.320. The highest BCUT2D eigenvalue weighted by molar-refractivity contribution is 6.32. The zero-order valence-corrected chi connectivity index (χ0v) is 11.6. The van der Waals surface area contributed by atoms with E-state index in [1.165, 1.54) is 16.8 Å². The van der Waals surface area contributed by atoms with Gasteiger partial charge in [0.25, 0.3) is 0 Å². The Morgan fingerprint density at radius 3 is 2.89 bits per heavy atom. The maximum Gasteiger partial charge on any atom is 0.137 e. The molecule has 1 heterocycles. The predicted molar refractivity (Wildman–Crippen MR) is 79.1 cm³/mol. The molecule has 0 aliphatic carbocycles. The number of anilines is 1. The van der Waals surface area contributed by atoms with Crippen LogP contribution in [0.15, 0.2) is 42.5 Å². The van der Waals surface area contributed by atoms with Crippen molar-refractivity contribution >= 4 is 17.3 Å². The Morgan fingerprint density at radius 2 is 2.05 bits per heavy atom. The Balaban J connectivity index is 1.89. The number of benzene rings is 2. The van der Waals surface area contributed by atoms with Gasteiger partial charge < -0.3 is 10.1 Å². The van der Waals surface area contributed by atoms with Crippen LogP contribution in [0.1, 0.15) is 23.6 Å². The van der Waals surface area contributed by atoms with Gasteiger partial charge in [0.2, 0.25) is 0 Å². The van der Waals surface area contributed by atoms with Crippen LogP contribution in [0, 0.1) is 0 Å². The molecule has 0 bridgehead atoms. The number of hydrogen-bond donors (Lipinski definition) is 1. The van der Waals surface area contributed by atoms with Crippen LogP contribution >= 0.6 is 11.6 Å². The van der Waals surface area contributed by atoms with Gasteiger partial charge in [-0.2, -0.15) is 0 Å². The number of rotatable bonds is 2. The molecule has 0 amide bonds. The lowest BCUT2D eigenvalue weighted by Gasteiger charge is -2.27. The average molecular weight is 274 g/mol. The summed E-state index contributed by atoms with van der Waals surface area (Å²) in [6.45, 7) is 0. The highest BCUT2D eigenvalue weighted by Gasteiger charge is 2.19. The first-order valence-corrected chi connectivity index (χ1v) is 6.83. The molecule has 0 spiro atoms. The molecule has 19 heavy (non-hydrogen) atoms. The molecule has 1 atom stereocenters. The predicted octanol–water partition coefficient (Wildman–Crippen LogP) is 4.45. The molecule has 2 aromatic rings. The maximum atomic E-state index is 6.07. The molecule has 2 aromatic carbocycles. The Kier molecular flexibility index (Phi) is 3.34. The lowest BCUT2D eigenvalue weighted by molar-refractivity contribution is 0.414. The number of aryl methyl sites for hydroxylation is 1. The number of hydrogen-bond acceptors (Lipinski definition) is 2. The summed E-state index contributed by atoms with van der Waals surface area (Å²) < 4.78 is 5.29. The third-order valence-corrected chi connectivity index (χ3v) is 3.94. The number of para-hydroxylation sites is 1. The van der Waals surface area contributed by atoms with E-state index in [1.807, 2.05) is 12.1 Å². The number of nitrogens with one attached hydrogen (secondary N) is 1. The Labute approximate surface area is 118 Å². The van der Waals surface area contributed by atoms with Crippen molar-refractivity contribution in [3.8, 4) is 5.75 Å². The van der Waals surface area contributed by atoms with Gasteiger partial charge in [-0.25, -0.2) is 0 Å². The summed E-state index contributed by atoms with van der Waals surface area (Å²) in [5.74, 6) is 0.736. The highest BCUT2D eigenvalue weighted by Crippen LogP contribution is 2.35. The summed E-state index contributed by atoms with van der Waals surface area (Å²) >= 11 is 6.07. The van der Waals surface area contributed by atoms with Gasteiger partial charge in [0, 0.05) is 5.69 Å². The van der Waals surface area contributed by atoms with Crippen molar-refractivity contribution in [1.82, 2.24) is 0 Å². The smallest absolute Gasteiger partial charge is 0.137 e. The van der Waals surface area contributed by atoms with Crippen LogP contribution in [0.2, 0.25) is 5.02 Å². The SMILES string of the molecule is COc1cc(C2CCc3ccccc3N2)ccc1Cl. The van der Waals surface area contributed by atoms with Gasteiger partial charge in [0.05, 0.1) is 18.2 Å². The van der Waals surface area contributed by atoms with E-state index in [0.29, 0.717) is 11.1 Å². The molecule has 0 radical (unpaired) electrons. The highest BCUT2D eigenvalue weighted by atomic mass is 35.5. The molecule has 0 fully saturated rings. The summed E-state index contributed by atoms with van der Waals surface area (Å²) in [6.07, 6.45) is 2.18. The maximum absolute atomic E-state index is 6.07. The molecule has 1 unspecified atom stereocenters. The van der Waals surface area contributed by atoms with Crippen molar-refractivity contribution in [3.63, 3.8) is 0 Å². The van der Waals surface area contributed by atoms with Crippen LogP contribution in [-0.4, -0.2) is 7.11 Å². The van der Waals surface area contributed by atoms with Crippen LogP contribution in [0.5, 0.6) is 5.75 Å². The minimum Gasteiger partial charge on any atom is -0.495 e. The van der Waals surface area contributed by atoms with E-state index in [9.17, 15) is 0 Å². The lowest BCUT2D eigenvalue weighted by Crippen LogP contribution is -2.17. The first kappa shape index (κ1) is 12.4. The molecule has 3 rings (SSSR count). The molecule has 2 nitrogen and oxygen atoms in total. The molecule has 3 heteroatoms. The summed E-state index contributed by atoms with van der Waals surface area (Å²) in [4.78, 5) is 0. The lowest BCUT2D eigenvalue weighted by atomic mass is 9.93. The zero-order valence-electron chi connectivity index (χ0n) is 10.8. The second kappa shape index (κ2) is 5.14. The third kappa shape index (κ3) is 2.41. The first-order chi connectivity index (χ1) is 9.28. The van der Waals surface area contributed by atoms with E-state index >= 15 is 0 Å². The average Bonchev–Trinajstić information content (AvgIpc) is 2.47. The number of fused-ring (bicyclic) bond motifs is 1. The number of methoxy groups -OCH3 is 1. The summed E-state index contributed by atoms with van der Waals surface area (Å²) in [7, 11) is 1.65. The molecule has 1 N–H and O–H groups in total. The molecule has 98 valence electrons. The van der Waals surface area contributed by atoms with Crippen molar-refractivity contribution in [2.75, 3.05) is 12.4 Å². The van der Waals surface area contributed by atoms with Crippen LogP contribution in [-0.2, 0) is 6.42 Å². The molecular weight excluding hydrogens is 258 g/mol. The Bertz CT molecular complexity index is 597. The van der Waals surface area contributed by atoms with E-state index < -0.39 is 0 Å². The minimum atomic E-state index is 0.320. The van der Waals surface area contributed by atoms with Crippen molar-refractivity contribution in [2.24, 2.45) is 0 Å². The van der Waals surface area contributed by atoms with Gasteiger partial charge in [0.1, 0.15) is 5.75 Å². The van der Waals surface area contributed by atoms with Gasteiger partial charge in [-0.1, -0.05) is 35.9 Å². The van der Waals surface area contributed by atoms with Gasteiger partial charge in [-0.05, 0) is 42.2 Å². The van der Waals surface area contributed by atoms with Crippen molar-refractivity contribution in [2.45, 2.75) is 18.9 Å². The molecule has 1 aliphatic heterocycles. The van der Waals surface area contributed by atoms with E-state index in [0.717, 1.165) is 18.6 Å². The summed E-state index contributed by atoms with van der Waals surface area (Å²) in [6, 6.07) is 14.8. The standard InChI is InChI=1S/C16H16ClNO/c1-19-16-10-12(6-8-13(16)17)15-9-7-11-4-2-3-5-14(11)18-15/h2-6,8,10,15,18H,7,9H2,1H3. The monoisotopic (exact) mass is 273 g/mol. The fourth-order valence-corrected chi connectivity index (χ4v) is 2.78. The second-order valence-corrected chi connectivity index (χ2v) is 5.19. The quantitative estimate of drug-likeness (QED) is 0.873. The van der Waals surface area contributed by atoms with E-state index in [4.69, 9.17) is 16.3 Å². The zero-order chi connectivity index (χ0) is 13.2. The van der Waals surface area contributed by atoms with Crippen LogP contribution in [0.25, 0.3) is 0 Å². The Morgan fingerprint density at radius 1 is 1.21 bits per heavy atom. The first-order valence-electron chi connectivity index (χ1n) is 6.46. The molecular formula is C16H16ClNO. The fraction of sp³-hybridized carbons (Fsp3) is 0.250. The molecule has 1 aliphatic rings. The van der Waals surface area contributed by atoms with E-state index in [1.54, 1.807) is 7.11 Å². The van der Waals surface area contributed by atoms with Crippen LogP contribution in [0.4, 0.5) is 5.69 Å². The largest absolute Gasteiger partial charge is 0.495 e. The van der Waals surface area contributed by atoms with Crippen molar-refractivity contribution in [1.29, 1.82) is 0 Å². The molecule has 0 aromatic heterocycles. The van der Waals surface area contributed by atoms with E-state index in [-0.39, 0.29) is 0 Å². The topological polar surface area (TPSA) is 21.3 Å². The molecule has 0 saturated carbocycles. The van der Waals surface area contributed by atoms with Crippen LogP contribution in [0.3, 0.4) is 0 Å². The van der Waals surface area contributed by atoms with Gasteiger partial charge >= 0.3 is 0 Å². The normalized spacial score (nSPS) is 17.5. The van der Waals surface area contributed by atoms with Gasteiger partial charge in [-0.3, -0.25) is 0 Å². The summed E-state index contributed by atoms with van der Waals surface area (Å²) in [5.41, 5.74) is 3.84.